The highest BCUT2D eigenvalue weighted by molar-refractivity contribution is 5.38. The van der Waals surface area contributed by atoms with Crippen molar-refractivity contribution in [2.24, 2.45) is 5.73 Å². The molecule has 0 aliphatic rings. The average molecular weight is 241 g/mol. The largest absolute Gasteiger partial charge is 0.457 e. The predicted octanol–water partition coefficient (Wildman–Crippen LogP) is 4.06. The van der Waals surface area contributed by atoms with E-state index in [1.807, 2.05) is 36.4 Å². The molecule has 2 aromatic carbocycles. The Morgan fingerprint density at radius 2 is 1.67 bits per heavy atom. The van der Waals surface area contributed by atoms with Crippen LogP contribution in [0, 0.1) is 0 Å². The van der Waals surface area contributed by atoms with E-state index in [9.17, 15) is 0 Å². The predicted molar refractivity (Wildman–Crippen MR) is 74.9 cm³/mol. The Morgan fingerprint density at radius 3 is 2.28 bits per heavy atom. The molecular formula is C16H19NO. The second-order valence-corrected chi connectivity index (χ2v) is 4.64. The van der Waals surface area contributed by atoms with Crippen LogP contribution in [0.15, 0.2) is 48.5 Å². The molecule has 0 aliphatic carbocycles. The second-order valence-electron chi connectivity index (χ2n) is 4.64. The zero-order chi connectivity index (χ0) is 13.0. The highest BCUT2D eigenvalue weighted by Crippen LogP contribution is 2.26. The first-order valence-corrected chi connectivity index (χ1v) is 6.26. The quantitative estimate of drug-likeness (QED) is 0.876. The van der Waals surface area contributed by atoms with Crippen molar-refractivity contribution < 1.29 is 4.74 Å². The van der Waals surface area contributed by atoms with Gasteiger partial charge in [-0.05, 0) is 29.7 Å². The first kappa shape index (κ1) is 12.7. The fourth-order valence-corrected chi connectivity index (χ4v) is 1.82. The van der Waals surface area contributed by atoms with Crippen LogP contribution in [0.25, 0.3) is 0 Å². The van der Waals surface area contributed by atoms with Crippen LogP contribution in [0.5, 0.6) is 11.5 Å². The standard InChI is InChI=1S/C16H19NO/c1-12(2)13-7-9-15(10-8-13)18-16-6-4-3-5-14(16)11-17/h3-10,12H,11,17H2,1-2H3. The van der Waals surface area contributed by atoms with E-state index in [1.165, 1.54) is 5.56 Å². The van der Waals surface area contributed by atoms with Crippen molar-refractivity contribution in [3.8, 4) is 11.5 Å². The molecular weight excluding hydrogens is 222 g/mol. The van der Waals surface area contributed by atoms with Gasteiger partial charge < -0.3 is 10.5 Å². The SMILES string of the molecule is CC(C)c1ccc(Oc2ccccc2CN)cc1. The van der Waals surface area contributed by atoms with Crippen molar-refractivity contribution in [1.29, 1.82) is 0 Å². The lowest BCUT2D eigenvalue weighted by Crippen LogP contribution is -1.99. The molecule has 2 N–H and O–H groups in total. The Bertz CT molecular complexity index is 503. The highest BCUT2D eigenvalue weighted by atomic mass is 16.5. The summed E-state index contributed by atoms with van der Waals surface area (Å²) in [6.45, 7) is 4.85. The summed E-state index contributed by atoms with van der Waals surface area (Å²) < 4.78 is 5.86. The van der Waals surface area contributed by atoms with Crippen molar-refractivity contribution >= 4 is 0 Å². The van der Waals surface area contributed by atoms with E-state index in [0.717, 1.165) is 17.1 Å². The third-order valence-electron chi connectivity index (χ3n) is 2.97. The van der Waals surface area contributed by atoms with Gasteiger partial charge in [-0.15, -0.1) is 0 Å². The van der Waals surface area contributed by atoms with E-state index in [4.69, 9.17) is 10.5 Å². The molecule has 0 aliphatic heterocycles. The third-order valence-corrected chi connectivity index (χ3v) is 2.97. The number of hydrogen-bond acceptors (Lipinski definition) is 2. The number of ether oxygens (including phenoxy) is 1. The minimum atomic E-state index is 0.486. The van der Waals surface area contributed by atoms with Gasteiger partial charge in [-0.1, -0.05) is 44.2 Å². The highest BCUT2D eigenvalue weighted by Gasteiger charge is 2.03. The molecule has 0 atom stereocenters. The minimum Gasteiger partial charge on any atom is -0.457 e. The van der Waals surface area contributed by atoms with Crippen LogP contribution in [0.2, 0.25) is 0 Å². The molecule has 0 radical (unpaired) electrons. The second kappa shape index (κ2) is 5.69. The summed E-state index contributed by atoms with van der Waals surface area (Å²) >= 11 is 0. The van der Waals surface area contributed by atoms with Crippen LogP contribution in [-0.2, 0) is 6.54 Å². The molecule has 0 saturated heterocycles. The van der Waals surface area contributed by atoms with Crippen LogP contribution in [0.4, 0.5) is 0 Å². The van der Waals surface area contributed by atoms with Crippen LogP contribution in [-0.4, -0.2) is 0 Å². The van der Waals surface area contributed by atoms with Gasteiger partial charge in [-0.3, -0.25) is 0 Å². The minimum absolute atomic E-state index is 0.486. The van der Waals surface area contributed by atoms with E-state index in [-0.39, 0.29) is 0 Å². The molecule has 0 amide bonds. The maximum Gasteiger partial charge on any atom is 0.131 e. The lowest BCUT2D eigenvalue weighted by atomic mass is 10.0. The molecule has 0 aromatic heterocycles. The Balaban J connectivity index is 2.18. The smallest absolute Gasteiger partial charge is 0.131 e. The summed E-state index contributed by atoms with van der Waals surface area (Å²) in [6.07, 6.45) is 0. The van der Waals surface area contributed by atoms with Gasteiger partial charge in [0.05, 0.1) is 0 Å². The topological polar surface area (TPSA) is 35.2 Å². The maximum atomic E-state index is 5.86. The summed E-state index contributed by atoms with van der Waals surface area (Å²) in [7, 11) is 0. The molecule has 0 saturated carbocycles. The first-order valence-electron chi connectivity index (χ1n) is 6.26. The molecule has 18 heavy (non-hydrogen) atoms. The van der Waals surface area contributed by atoms with Gasteiger partial charge in [0.15, 0.2) is 0 Å². The van der Waals surface area contributed by atoms with Crippen molar-refractivity contribution in [1.82, 2.24) is 0 Å². The first-order chi connectivity index (χ1) is 8.70. The fourth-order valence-electron chi connectivity index (χ4n) is 1.82. The fraction of sp³-hybridized carbons (Fsp3) is 0.250. The number of nitrogens with two attached hydrogens (primary N) is 1. The molecule has 2 rings (SSSR count). The van der Waals surface area contributed by atoms with Crippen LogP contribution in [0.1, 0.15) is 30.9 Å². The molecule has 2 nitrogen and oxygen atoms in total. The number of rotatable bonds is 4. The zero-order valence-corrected chi connectivity index (χ0v) is 10.9. The van der Waals surface area contributed by atoms with Crippen molar-refractivity contribution in [3.63, 3.8) is 0 Å². The zero-order valence-electron chi connectivity index (χ0n) is 10.9. The molecule has 0 spiro atoms. The summed E-state index contributed by atoms with van der Waals surface area (Å²) in [5, 5.41) is 0. The molecule has 0 unspecified atom stereocenters. The van der Waals surface area contributed by atoms with Crippen LogP contribution in [0.3, 0.4) is 0 Å². The lowest BCUT2D eigenvalue weighted by molar-refractivity contribution is 0.476. The lowest BCUT2D eigenvalue weighted by Gasteiger charge is -2.11. The van der Waals surface area contributed by atoms with Crippen LogP contribution < -0.4 is 10.5 Å². The summed E-state index contributed by atoms with van der Waals surface area (Å²) in [4.78, 5) is 0. The van der Waals surface area contributed by atoms with E-state index >= 15 is 0 Å². The summed E-state index contributed by atoms with van der Waals surface area (Å²) in [5.74, 6) is 2.22. The van der Waals surface area contributed by atoms with Gasteiger partial charge >= 0.3 is 0 Å². The normalized spacial score (nSPS) is 10.7. The molecule has 94 valence electrons. The van der Waals surface area contributed by atoms with E-state index in [0.29, 0.717) is 12.5 Å². The average Bonchev–Trinajstić information content (AvgIpc) is 2.40. The summed E-state index contributed by atoms with van der Waals surface area (Å²) in [5.41, 5.74) is 8.02. The monoisotopic (exact) mass is 241 g/mol. The Morgan fingerprint density at radius 1 is 1.00 bits per heavy atom. The molecule has 2 aromatic rings. The maximum absolute atomic E-state index is 5.86. The van der Waals surface area contributed by atoms with Gasteiger partial charge in [0.2, 0.25) is 0 Å². The van der Waals surface area contributed by atoms with Crippen molar-refractivity contribution in [2.45, 2.75) is 26.3 Å². The molecule has 0 bridgehead atoms. The van der Waals surface area contributed by atoms with Crippen molar-refractivity contribution in [2.75, 3.05) is 0 Å². The Hall–Kier alpha value is -1.80. The van der Waals surface area contributed by atoms with Crippen molar-refractivity contribution in [3.05, 3.63) is 59.7 Å². The number of para-hydroxylation sites is 1. The Kier molecular flexibility index (Phi) is 4.00. The molecule has 2 heteroatoms. The third kappa shape index (κ3) is 2.90. The van der Waals surface area contributed by atoms with E-state index < -0.39 is 0 Å². The van der Waals surface area contributed by atoms with Gasteiger partial charge in [-0.25, -0.2) is 0 Å². The molecule has 0 fully saturated rings. The van der Waals surface area contributed by atoms with Crippen LogP contribution >= 0.6 is 0 Å². The number of benzene rings is 2. The van der Waals surface area contributed by atoms with E-state index in [1.54, 1.807) is 0 Å². The van der Waals surface area contributed by atoms with Gasteiger partial charge in [0.1, 0.15) is 11.5 Å². The van der Waals surface area contributed by atoms with Gasteiger partial charge in [0, 0.05) is 12.1 Å². The molecule has 0 heterocycles. The van der Waals surface area contributed by atoms with Gasteiger partial charge in [-0.2, -0.15) is 0 Å². The van der Waals surface area contributed by atoms with Gasteiger partial charge in [0.25, 0.3) is 0 Å². The Labute approximate surface area is 108 Å². The number of hydrogen-bond donors (Lipinski definition) is 1. The summed E-state index contributed by atoms with van der Waals surface area (Å²) in [6, 6.07) is 16.1. The van der Waals surface area contributed by atoms with E-state index in [2.05, 4.69) is 26.0 Å².